The second kappa shape index (κ2) is 7.40. The average Bonchev–Trinajstić information content (AvgIpc) is 3.21. The van der Waals surface area contributed by atoms with Crippen molar-refractivity contribution >= 4 is 33.2 Å². The fourth-order valence-corrected chi connectivity index (χ4v) is 5.31. The van der Waals surface area contributed by atoms with Crippen LogP contribution in [0.3, 0.4) is 0 Å². The lowest BCUT2D eigenvalue weighted by molar-refractivity contribution is -0.131. The highest BCUT2D eigenvalue weighted by Crippen LogP contribution is 2.25. The fourth-order valence-electron chi connectivity index (χ4n) is 3.24. The van der Waals surface area contributed by atoms with Crippen LogP contribution in [-0.4, -0.2) is 80.6 Å². The molecule has 2 aliphatic heterocycles. The van der Waals surface area contributed by atoms with Crippen molar-refractivity contribution in [3.8, 4) is 0 Å². The highest BCUT2D eigenvalue weighted by Gasteiger charge is 2.45. The molecule has 2 atom stereocenters. The van der Waals surface area contributed by atoms with E-state index in [2.05, 4.69) is 5.32 Å². The Labute approximate surface area is 150 Å². The Morgan fingerprint density at radius 3 is 2.96 bits per heavy atom. The molecule has 1 N–H and O–H groups in total. The number of ether oxygens (including phenoxy) is 1. The van der Waals surface area contributed by atoms with Crippen molar-refractivity contribution in [3.63, 3.8) is 0 Å². The van der Waals surface area contributed by atoms with Gasteiger partial charge in [0, 0.05) is 37.2 Å². The van der Waals surface area contributed by atoms with E-state index in [1.165, 1.54) is 18.4 Å². The Balaban J connectivity index is 1.70. The summed E-state index contributed by atoms with van der Waals surface area (Å²) in [5, 5.41) is 6.54. The first-order valence-corrected chi connectivity index (χ1v) is 10.6. The molecule has 1 aromatic rings. The molecule has 0 saturated carbocycles. The molecule has 138 valence electrons. The second-order valence-corrected chi connectivity index (χ2v) is 8.94. The summed E-state index contributed by atoms with van der Waals surface area (Å²) < 4.78 is 30.5. The molecule has 2 amide bonds. The lowest BCUT2D eigenvalue weighted by Crippen LogP contribution is -2.45. The van der Waals surface area contributed by atoms with Crippen LogP contribution >= 0.6 is 11.3 Å². The maximum absolute atomic E-state index is 12.7. The van der Waals surface area contributed by atoms with Gasteiger partial charge >= 0.3 is 0 Å². The maximum atomic E-state index is 12.7. The molecule has 0 bridgehead atoms. The van der Waals surface area contributed by atoms with Gasteiger partial charge in [-0.2, -0.15) is 11.3 Å². The van der Waals surface area contributed by atoms with Gasteiger partial charge in [-0.3, -0.25) is 14.5 Å². The monoisotopic (exact) mass is 387 g/mol. The van der Waals surface area contributed by atoms with Gasteiger partial charge in [-0.05, 0) is 17.9 Å². The number of carbonyl (C=O) groups excluding carboxylic acids is 2. The lowest BCUT2D eigenvalue weighted by Gasteiger charge is -2.23. The Hall–Kier alpha value is -1.49. The molecule has 0 aromatic carbocycles. The molecule has 3 heterocycles. The number of nitrogens with one attached hydrogen (secondary N) is 1. The zero-order valence-electron chi connectivity index (χ0n) is 13.9. The number of rotatable bonds is 5. The van der Waals surface area contributed by atoms with E-state index >= 15 is 0 Å². The number of amides is 2. The molecule has 2 aliphatic rings. The van der Waals surface area contributed by atoms with E-state index in [-0.39, 0.29) is 37.4 Å². The van der Waals surface area contributed by atoms with Crippen LogP contribution < -0.4 is 5.32 Å². The molecule has 8 nitrogen and oxygen atoms in total. The third kappa shape index (κ3) is 3.86. The molecule has 0 radical (unpaired) electrons. The van der Waals surface area contributed by atoms with Crippen LogP contribution in [0.5, 0.6) is 0 Å². The largest absolute Gasteiger partial charge is 0.383 e. The van der Waals surface area contributed by atoms with Crippen LogP contribution in [0, 0.1) is 0 Å². The standard InChI is InChI=1S/C15H21N3O5S2/c1-23-5-3-18-15(20)13-8-12(9-17(13)4-7-25(18,21)22)16-14(19)11-2-6-24-10-11/h2,6,10,12-13H,3-5,7-9H2,1H3,(H,16,19)/t12-,13-/m0/s1. The first-order chi connectivity index (χ1) is 11.9. The maximum Gasteiger partial charge on any atom is 0.253 e. The van der Waals surface area contributed by atoms with Gasteiger partial charge in [0.05, 0.1) is 24.9 Å². The van der Waals surface area contributed by atoms with Crippen molar-refractivity contribution in [1.29, 1.82) is 0 Å². The molecule has 3 rings (SSSR count). The van der Waals surface area contributed by atoms with E-state index in [0.29, 0.717) is 18.5 Å². The summed E-state index contributed by atoms with van der Waals surface area (Å²) in [6.07, 6.45) is 0.410. The number of hydrogen-bond donors (Lipinski definition) is 1. The van der Waals surface area contributed by atoms with Gasteiger partial charge in [0.2, 0.25) is 10.0 Å². The van der Waals surface area contributed by atoms with Gasteiger partial charge < -0.3 is 10.1 Å². The zero-order valence-corrected chi connectivity index (χ0v) is 15.5. The summed E-state index contributed by atoms with van der Waals surface area (Å²) in [5.41, 5.74) is 0.600. The van der Waals surface area contributed by atoms with Gasteiger partial charge in [-0.25, -0.2) is 12.7 Å². The Morgan fingerprint density at radius 2 is 2.28 bits per heavy atom. The van der Waals surface area contributed by atoms with Crippen molar-refractivity contribution < 1.29 is 22.7 Å². The minimum atomic E-state index is -3.62. The molecular weight excluding hydrogens is 366 g/mol. The summed E-state index contributed by atoms with van der Waals surface area (Å²) in [6, 6.07) is 1.05. The van der Waals surface area contributed by atoms with Crippen molar-refractivity contribution in [3.05, 3.63) is 22.4 Å². The molecule has 2 saturated heterocycles. The molecule has 1 aromatic heterocycles. The molecule has 0 spiro atoms. The van der Waals surface area contributed by atoms with Gasteiger partial charge in [0.15, 0.2) is 0 Å². The van der Waals surface area contributed by atoms with Crippen LogP contribution in [0.15, 0.2) is 16.8 Å². The molecular formula is C15H21N3O5S2. The summed E-state index contributed by atoms with van der Waals surface area (Å²) in [5.74, 6) is -0.702. The summed E-state index contributed by atoms with van der Waals surface area (Å²) in [7, 11) is -2.16. The van der Waals surface area contributed by atoms with Crippen molar-refractivity contribution in [2.45, 2.75) is 18.5 Å². The smallest absolute Gasteiger partial charge is 0.253 e. The molecule has 0 unspecified atom stereocenters. The minimum Gasteiger partial charge on any atom is -0.383 e. The molecule has 25 heavy (non-hydrogen) atoms. The lowest BCUT2D eigenvalue weighted by atomic mass is 10.1. The van der Waals surface area contributed by atoms with Gasteiger partial charge in [0.1, 0.15) is 0 Å². The van der Waals surface area contributed by atoms with Crippen molar-refractivity contribution in [2.75, 3.05) is 39.1 Å². The van der Waals surface area contributed by atoms with E-state index in [1.807, 2.05) is 10.3 Å². The van der Waals surface area contributed by atoms with E-state index in [1.54, 1.807) is 11.4 Å². The number of nitrogens with zero attached hydrogens (tertiary/aromatic N) is 2. The summed E-state index contributed by atoms with van der Waals surface area (Å²) in [6.45, 7) is 0.941. The van der Waals surface area contributed by atoms with Crippen LogP contribution in [0.1, 0.15) is 16.8 Å². The number of methoxy groups -OCH3 is 1. The Morgan fingerprint density at radius 1 is 1.48 bits per heavy atom. The highest BCUT2D eigenvalue weighted by atomic mass is 32.2. The van der Waals surface area contributed by atoms with Crippen LogP contribution in [0.2, 0.25) is 0 Å². The van der Waals surface area contributed by atoms with E-state index in [4.69, 9.17) is 4.74 Å². The van der Waals surface area contributed by atoms with Crippen LogP contribution in [-0.2, 0) is 19.6 Å². The van der Waals surface area contributed by atoms with E-state index in [0.717, 1.165) is 4.31 Å². The summed E-state index contributed by atoms with van der Waals surface area (Å²) >= 11 is 1.45. The van der Waals surface area contributed by atoms with Crippen LogP contribution in [0.25, 0.3) is 0 Å². The fraction of sp³-hybridized carbons (Fsp3) is 0.600. The molecule has 0 aliphatic carbocycles. The van der Waals surface area contributed by atoms with Crippen molar-refractivity contribution in [1.82, 2.24) is 14.5 Å². The van der Waals surface area contributed by atoms with Gasteiger partial charge in [0.25, 0.3) is 11.8 Å². The number of sulfonamides is 1. The molecule has 10 heteroatoms. The van der Waals surface area contributed by atoms with Gasteiger partial charge in [-0.1, -0.05) is 0 Å². The number of fused-ring (bicyclic) bond motifs is 1. The Kier molecular flexibility index (Phi) is 5.42. The van der Waals surface area contributed by atoms with Crippen molar-refractivity contribution in [2.24, 2.45) is 0 Å². The van der Waals surface area contributed by atoms with Crippen LogP contribution in [0.4, 0.5) is 0 Å². The quantitative estimate of drug-likeness (QED) is 0.748. The van der Waals surface area contributed by atoms with E-state index in [9.17, 15) is 18.0 Å². The summed E-state index contributed by atoms with van der Waals surface area (Å²) in [4.78, 5) is 26.8. The zero-order chi connectivity index (χ0) is 18.0. The Bertz CT molecular complexity index is 734. The predicted molar refractivity (Wildman–Crippen MR) is 92.9 cm³/mol. The normalized spacial score (nSPS) is 26.3. The number of carbonyl (C=O) groups is 2. The van der Waals surface area contributed by atoms with E-state index < -0.39 is 22.0 Å². The minimum absolute atomic E-state index is 0.0218. The first-order valence-electron chi connectivity index (χ1n) is 8.02. The molecule has 2 fully saturated rings. The predicted octanol–water partition coefficient (Wildman–Crippen LogP) is -0.261. The van der Waals surface area contributed by atoms with Gasteiger partial charge in [-0.15, -0.1) is 0 Å². The topological polar surface area (TPSA) is 96.0 Å². The third-order valence-corrected chi connectivity index (χ3v) is 6.94. The SMILES string of the molecule is COCCN1C(=O)[C@@H]2C[C@H](NC(=O)c3ccsc3)CN2CCS1(=O)=O. The third-order valence-electron chi connectivity index (χ3n) is 4.52. The average molecular weight is 387 g/mol. The number of hydrogen-bond acceptors (Lipinski definition) is 7. The highest BCUT2D eigenvalue weighted by molar-refractivity contribution is 7.89. The second-order valence-electron chi connectivity index (χ2n) is 6.15. The first kappa shape index (κ1) is 18.3. The number of thiophene rings is 1.